The SMILES string of the molecule is C=C/C=C(\C=C/C)C(=C)N=C(/C=C(\C)c1ccccc1)c1ccc(-c2ccc3c(c2)-c2ccccc2C32c3cc(C(C)(C)C)c#cc3-c3c(C)cc(C(C)(C)C)cc32)cc1.CCC.CCC. The van der Waals surface area contributed by atoms with Gasteiger partial charge in [0.15, 0.2) is 0 Å². The van der Waals surface area contributed by atoms with Crippen LogP contribution in [0, 0.1) is 19.1 Å². The first kappa shape index (κ1) is 49.0. The molecule has 336 valence electrons. The minimum absolute atomic E-state index is 0.00980. The summed E-state index contributed by atoms with van der Waals surface area (Å²) in [5.74, 6) is 0. The predicted octanol–water partition coefficient (Wildman–Crippen LogP) is 18.1. The highest BCUT2D eigenvalue weighted by atomic mass is 14.8. The molecule has 1 nitrogen and oxygen atoms in total. The predicted molar refractivity (Wildman–Crippen MR) is 289 cm³/mol. The molecule has 6 aromatic rings. The summed E-state index contributed by atoms with van der Waals surface area (Å²) in [6.07, 6.45) is 12.4. The highest BCUT2D eigenvalue weighted by Gasteiger charge is 2.53. The van der Waals surface area contributed by atoms with Gasteiger partial charge in [0.05, 0.1) is 16.8 Å². The van der Waals surface area contributed by atoms with Crippen molar-refractivity contribution in [2.75, 3.05) is 0 Å². The van der Waals surface area contributed by atoms with Crippen molar-refractivity contribution >= 4 is 11.3 Å². The minimum atomic E-state index is -0.473. The molecule has 1 atom stereocenters. The summed E-state index contributed by atoms with van der Waals surface area (Å²) in [5, 5.41) is 0. The van der Waals surface area contributed by atoms with Crippen molar-refractivity contribution < 1.29 is 0 Å². The fourth-order valence-corrected chi connectivity index (χ4v) is 9.15. The van der Waals surface area contributed by atoms with Gasteiger partial charge in [0.1, 0.15) is 0 Å². The van der Waals surface area contributed by atoms with Gasteiger partial charge in [-0.1, -0.05) is 235 Å². The van der Waals surface area contributed by atoms with E-state index in [2.05, 4.69) is 224 Å². The lowest BCUT2D eigenvalue weighted by Crippen LogP contribution is -2.27. The van der Waals surface area contributed by atoms with Gasteiger partial charge in [-0.05, 0) is 128 Å². The average molecular weight is 866 g/mol. The molecule has 1 spiro atoms. The second-order valence-electron chi connectivity index (χ2n) is 19.9. The zero-order chi connectivity index (χ0) is 48.0. The third kappa shape index (κ3) is 9.57. The summed E-state index contributed by atoms with van der Waals surface area (Å²) in [5.41, 5.74) is 21.7. The third-order valence-corrected chi connectivity index (χ3v) is 12.3. The van der Waals surface area contributed by atoms with Crippen LogP contribution in [-0.2, 0) is 16.2 Å². The van der Waals surface area contributed by atoms with Gasteiger partial charge in [-0.2, -0.15) is 0 Å². The Bertz CT molecular complexity index is 2840. The van der Waals surface area contributed by atoms with Crippen LogP contribution in [0.15, 0.2) is 175 Å². The number of aryl methyl sites for hydroxylation is 1. The molecule has 2 aliphatic rings. The fraction of sp³-hybridized carbons (Fsp3) is 0.277. The van der Waals surface area contributed by atoms with Crippen molar-refractivity contribution in [3.05, 3.63) is 232 Å². The lowest BCUT2D eigenvalue weighted by Gasteiger charge is -2.32. The lowest BCUT2D eigenvalue weighted by atomic mass is 9.68. The van der Waals surface area contributed by atoms with Crippen LogP contribution in [0.25, 0.3) is 39.0 Å². The second-order valence-corrected chi connectivity index (χ2v) is 19.9. The zero-order valence-electron chi connectivity index (χ0n) is 42.1. The van der Waals surface area contributed by atoms with E-state index in [1.165, 1.54) is 79.6 Å². The molecule has 6 aromatic carbocycles. The van der Waals surface area contributed by atoms with Crippen LogP contribution in [-0.4, -0.2) is 5.71 Å². The summed E-state index contributed by atoms with van der Waals surface area (Å²) >= 11 is 0. The topological polar surface area (TPSA) is 12.4 Å². The standard InChI is InChI=1S/C59H55N.2C3H8/c1-12-19-42(20-13-2)40(5)60-55(34-38(3)41-21-15-14-16-22-41)44-27-25-43(26-28-44)45-29-32-52-50(35-45)48-23-17-18-24-51(48)59(52)53-36-46(57(6,7)8)30-31-49(53)56-39(4)33-47(37-54(56)59)58(9,10)11;2*1-3-2/h12-29,32-37H,1,5H2,2-4,6-11H3;2*3H2,1-2H3/b20-13-,38-34+,42-19+,60-55?;;. The van der Waals surface area contributed by atoms with Crippen molar-refractivity contribution in [2.45, 2.75) is 119 Å². The molecular weight excluding hydrogens is 795 g/mol. The van der Waals surface area contributed by atoms with Crippen LogP contribution >= 0.6 is 0 Å². The summed E-state index contributed by atoms with van der Waals surface area (Å²) in [6.45, 7) is 37.0. The molecule has 0 saturated carbocycles. The molecule has 0 aromatic heterocycles. The van der Waals surface area contributed by atoms with Crippen molar-refractivity contribution in [3.8, 4) is 33.4 Å². The van der Waals surface area contributed by atoms with Crippen LogP contribution in [0.5, 0.6) is 0 Å². The number of hydrogen-bond acceptors (Lipinski definition) is 1. The van der Waals surface area contributed by atoms with Gasteiger partial charge in [-0.3, -0.25) is 0 Å². The molecular formula is C65H71N. The van der Waals surface area contributed by atoms with Gasteiger partial charge in [0.2, 0.25) is 0 Å². The number of hydrogen-bond donors (Lipinski definition) is 0. The minimum Gasteiger partial charge on any atom is -0.248 e. The van der Waals surface area contributed by atoms with Crippen LogP contribution in [0.1, 0.15) is 146 Å². The van der Waals surface area contributed by atoms with Crippen LogP contribution in [0.3, 0.4) is 0 Å². The quantitative estimate of drug-likeness (QED) is 0.107. The van der Waals surface area contributed by atoms with Crippen molar-refractivity contribution in [2.24, 2.45) is 4.99 Å². The van der Waals surface area contributed by atoms with Crippen LogP contribution in [0.4, 0.5) is 0 Å². The maximum atomic E-state index is 5.12. The Morgan fingerprint density at radius 3 is 1.91 bits per heavy atom. The van der Waals surface area contributed by atoms with Crippen molar-refractivity contribution in [3.63, 3.8) is 0 Å². The number of fused-ring (bicyclic) bond motifs is 10. The van der Waals surface area contributed by atoms with Gasteiger partial charge >= 0.3 is 0 Å². The highest BCUT2D eigenvalue weighted by Crippen LogP contribution is 2.64. The molecule has 1 heteroatoms. The van der Waals surface area contributed by atoms with Gasteiger partial charge in [0.25, 0.3) is 0 Å². The van der Waals surface area contributed by atoms with Crippen LogP contribution in [0.2, 0.25) is 0 Å². The number of allylic oxidation sites excluding steroid dienone is 6. The molecule has 2 aliphatic carbocycles. The van der Waals surface area contributed by atoms with E-state index >= 15 is 0 Å². The lowest BCUT2D eigenvalue weighted by molar-refractivity contribution is 0.586. The molecule has 1 unspecified atom stereocenters. The molecule has 66 heavy (non-hydrogen) atoms. The molecule has 0 saturated heterocycles. The van der Waals surface area contributed by atoms with Gasteiger partial charge < -0.3 is 0 Å². The largest absolute Gasteiger partial charge is 0.248 e. The Hall–Kier alpha value is -6.49. The van der Waals surface area contributed by atoms with Gasteiger partial charge in [-0.25, -0.2) is 4.99 Å². The molecule has 0 N–H and O–H groups in total. The van der Waals surface area contributed by atoms with Gasteiger partial charge in [-0.15, -0.1) is 0 Å². The van der Waals surface area contributed by atoms with E-state index in [4.69, 9.17) is 4.99 Å². The Labute approximate surface area is 399 Å². The molecule has 0 radical (unpaired) electrons. The van der Waals surface area contributed by atoms with E-state index in [9.17, 15) is 0 Å². The molecule has 0 fully saturated rings. The fourth-order valence-electron chi connectivity index (χ4n) is 9.15. The Balaban J connectivity index is 0.00000114. The first-order valence-electron chi connectivity index (χ1n) is 24.0. The van der Waals surface area contributed by atoms with E-state index in [1.54, 1.807) is 6.08 Å². The van der Waals surface area contributed by atoms with E-state index in [0.29, 0.717) is 5.70 Å². The van der Waals surface area contributed by atoms with E-state index in [-0.39, 0.29) is 10.8 Å². The second kappa shape index (κ2) is 20.4. The summed E-state index contributed by atoms with van der Waals surface area (Å²) < 4.78 is 0. The molecule has 0 bridgehead atoms. The summed E-state index contributed by atoms with van der Waals surface area (Å²) in [6, 6.07) is 50.2. The van der Waals surface area contributed by atoms with Crippen molar-refractivity contribution in [1.82, 2.24) is 0 Å². The van der Waals surface area contributed by atoms with Crippen LogP contribution < -0.4 is 0 Å². The number of aliphatic imine (C=N–C) groups is 1. The molecule has 8 rings (SSSR count). The normalized spacial score (nSPS) is 15.1. The monoisotopic (exact) mass is 866 g/mol. The third-order valence-electron chi connectivity index (χ3n) is 12.3. The first-order chi connectivity index (χ1) is 31.5. The van der Waals surface area contributed by atoms with Crippen molar-refractivity contribution in [1.29, 1.82) is 0 Å². The van der Waals surface area contributed by atoms with Gasteiger partial charge in [0, 0.05) is 16.7 Å². The average Bonchev–Trinajstić information content (AvgIpc) is 3.76. The zero-order valence-corrected chi connectivity index (χ0v) is 42.1. The van der Waals surface area contributed by atoms with E-state index < -0.39 is 5.41 Å². The number of rotatable bonds is 8. The smallest absolute Gasteiger partial charge is 0.0732 e. The van der Waals surface area contributed by atoms with E-state index in [0.717, 1.165) is 33.5 Å². The van der Waals surface area contributed by atoms with E-state index in [1.807, 2.05) is 31.2 Å². The maximum Gasteiger partial charge on any atom is 0.0732 e. The first-order valence-corrected chi connectivity index (χ1v) is 24.0. The number of benzene rings is 5. The highest BCUT2D eigenvalue weighted by molar-refractivity contribution is 6.13. The Morgan fingerprint density at radius 1 is 0.667 bits per heavy atom. The number of nitrogens with zero attached hydrogens (tertiary/aromatic N) is 1. The summed E-state index contributed by atoms with van der Waals surface area (Å²) in [7, 11) is 0. The molecule has 0 heterocycles. The molecule has 0 aliphatic heterocycles. The summed E-state index contributed by atoms with van der Waals surface area (Å²) in [4.78, 5) is 5.12. The Morgan fingerprint density at radius 2 is 1.29 bits per heavy atom. The molecule has 0 amide bonds. The maximum absolute atomic E-state index is 5.12. The Kier molecular flexibility index (Phi) is 15.1.